The molecule has 1 saturated heterocycles. The van der Waals surface area contributed by atoms with Gasteiger partial charge in [0.2, 0.25) is 0 Å². The molecule has 1 atom stereocenters. The second-order valence-corrected chi connectivity index (χ2v) is 4.06. The van der Waals surface area contributed by atoms with Gasteiger partial charge >= 0.3 is 58.9 Å². The monoisotopic (exact) mass is 227 g/mol. The van der Waals surface area contributed by atoms with Crippen LogP contribution in [0.4, 0.5) is 0 Å². The van der Waals surface area contributed by atoms with Gasteiger partial charge in [-0.05, 0) is 0 Å². The van der Waals surface area contributed by atoms with Gasteiger partial charge in [-0.2, -0.15) is 0 Å². The van der Waals surface area contributed by atoms with Crippen molar-refractivity contribution in [3.8, 4) is 0 Å². The molecule has 1 fully saturated rings. The topological polar surface area (TPSA) is 18.5 Å². The molecule has 1 aliphatic heterocycles. The van der Waals surface area contributed by atoms with Crippen LogP contribution in [0, 0.1) is 0 Å². The molecule has 0 spiro atoms. The summed E-state index contributed by atoms with van der Waals surface area (Å²) in [5, 5.41) is 0. The van der Waals surface area contributed by atoms with E-state index in [0.717, 1.165) is 6.61 Å². The van der Waals surface area contributed by atoms with E-state index in [9.17, 15) is 0 Å². The average Bonchev–Trinajstić information content (AvgIpc) is 2.14. The molecule has 0 saturated carbocycles. The van der Waals surface area contributed by atoms with Crippen molar-refractivity contribution in [3.05, 3.63) is 12.5 Å². The third-order valence-corrected chi connectivity index (χ3v) is 2.88. The van der Waals surface area contributed by atoms with Crippen LogP contribution >= 0.6 is 0 Å². The zero-order valence-electron chi connectivity index (χ0n) is 4.69. The molecular weight excluding hydrogens is 219 g/mol. The van der Waals surface area contributed by atoms with Gasteiger partial charge in [-0.25, -0.2) is 0 Å². The first-order chi connectivity index (χ1) is 3.83. The summed E-state index contributed by atoms with van der Waals surface area (Å²) in [5.74, 6) is 0.497. The van der Waals surface area contributed by atoms with Crippen LogP contribution in [0.1, 0.15) is 0 Å². The third-order valence-electron chi connectivity index (χ3n) is 0.878. The Hall–Kier alpha value is 0.0700. The van der Waals surface area contributed by atoms with Crippen LogP contribution in [0.15, 0.2) is 12.5 Å². The predicted octanol–water partition coefficient (Wildman–Crippen LogP) is -2.45. The fourth-order valence-corrected chi connectivity index (χ4v) is 1.55. The van der Waals surface area contributed by atoms with Crippen LogP contribution in [0.3, 0.4) is 0 Å². The van der Waals surface area contributed by atoms with E-state index >= 15 is 0 Å². The normalized spacial score (nSPS) is 27.6. The molecule has 0 aromatic carbocycles. The quantitative estimate of drug-likeness (QED) is 0.365. The molecule has 1 heterocycles. The van der Waals surface area contributed by atoms with E-state index in [0.29, 0.717) is 10.1 Å². The van der Waals surface area contributed by atoms with Crippen molar-refractivity contribution < 1.29 is 30.7 Å². The van der Waals surface area contributed by atoms with Gasteiger partial charge in [0.1, 0.15) is 0 Å². The fourth-order valence-electron chi connectivity index (χ4n) is 0.477. The van der Waals surface area contributed by atoms with E-state index in [1.165, 1.54) is 0 Å². The summed E-state index contributed by atoms with van der Waals surface area (Å²) in [4.78, 5) is 2.17. The van der Waals surface area contributed by atoms with Crippen molar-refractivity contribution in [3.63, 3.8) is 0 Å². The van der Waals surface area contributed by atoms with E-state index in [1.54, 1.807) is 0 Å². The number of alkyl halides is 2. The third kappa shape index (κ3) is 1.27. The first-order valence-corrected chi connectivity index (χ1v) is 5.69. The summed E-state index contributed by atoms with van der Waals surface area (Å²) >= 11 is 0.169. The predicted molar refractivity (Wildman–Crippen MR) is 25.9 cm³/mol. The van der Waals surface area contributed by atoms with Crippen LogP contribution in [0.2, 0.25) is 0 Å². The molecule has 1 unspecified atom stereocenters. The molecular formula is C5H8IO2-. The van der Waals surface area contributed by atoms with Gasteiger partial charge < -0.3 is 0 Å². The Bertz CT molecular complexity index is 103. The van der Waals surface area contributed by atoms with Gasteiger partial charge in [0.05, 0.1) is 0 Å². The molecule has 48 valence electrons. The summed E-state index contributed by atoms with van der Waals surface area (Å²) in [5.41, 5.74) is 0. The summed E-state index contributed by atoms with van der Waals surface area (Å²) in [6.07, 6.45) is 0. The van der Waals surface area contributed by atoms with Crippen molar-refractivity contribution in [1.82, 2.24) is 0 Å². The van der Waals surface area contributed by atoms with E-state index in [1.807, 2.05) is 0 Å². The van der Waals surface area contributed by atoms with E-state index in [2.05, 4.69) is 11.5 Å². The molecule has 0 aromatic heterocycles. The molecule has 8 heavy (non-hydrogen) atoms. The fraction of sp³-hybridized carbons (Fsp3) is 0.600. The minimum absolute atomic E-state index is 0.169. The van der Waals surface area contributed by atoms with Crippen LogP contribution in [-0.4, -0.2) is 15.6 Å². The van der Waals surface area contributed by atoms with Crippen molar-refractivity contribution in [1.29, 1.82) is 0 Å². The number of hydrogen-bond acceptors (Lipinski definition) is 2. The van der Waals surface area contributed by atoms with Crippen LogP contribution in [0.25, 0.3) is 0 Å². The van der Waals surface area contributed by atoms with Gasteiger partial charge in [0.15, 0.2) is 0 Å². The van der Waals surface area contributed by atoms with Gasteiger partial charge in [-0.1, -0.05) is 0 Å². The Morgan fingerprint density at radius 3 is 2.88 bits per heavy atom. The molecule has 2 nitrogen and oxygen atoms in total. The second-order valence-electron chi connectivity index (χ2n) is 1.43. The first-order valence-electron chi connectivity index (χ1n) is 2.29. The van der Waals surface area contributed by atoms with E-state index < -0.39 is 0 Å². The maximum absolute atomic E-state index is 5.14. The molecule has 0 N–H and O–H groups in total. The molecule has 1 rings (SSSR count). The Morgan fingerprint density at radius 2 is 2.62 bits per heavy atom. The summed E-state index contributed by atoms with van der Waals surface area (Å²) in [7, 11) is 0. The van der Waals surface area contributed by atoms with Gasteiger partial charge in [0, 0.05) is 0 Å². The van der Waals surface area contributed by atoms with Gasteiger partial charge in [-0.15, -0.1) is 0 Å². The molecule has 0 bridgehead atoms. The van der Waals surface area contributed by atoms with Crippen molar-refractivity contribution in [2.24, 2.45) is 0 Å². The summed E-state index contributed by atoms with van der Waals surface area (Å²) in [6.45, 7) is 4.25. The van der Waals surface area contributed by atoms with E-state index in [-0.39, 0.29) is 21.2 Å². The molecule has 0 radical (unpaired) electrons. The Kier molecular flexibility index (Phi) is 1.99. The number of hydrogen-bond donors (Lipinski definition) is 0. The maximum atomic E-state index is 5.14. The first kappa shape index (κ1) is 6.19. The van der Waals surface area contributed by atoms with Crippen molar-refractivity contribution in [2.45, 2.75) is 4.11 Å². The number of halogens is 1. The number of rotatable bonds is 1. The molecule has 3 heteroatoms. The van der Waals surface area contributed by atoms with Crippen molar-refractivity contribution >= 4 is 0 Å². The van der Waals surface area contributed by atoms with E-state index in [4.69, 9.17) is 9.47 Å². The minimum atomic E-state index is 0.169. The Labute approximate surface area is 59.1 Å². The van der Waals surface area contributed by atoms with Gasteiger partial charge in [-0.3, -0.25) is 0 Å². The zero-order valence-corrected chi connectivity index (χ0v) is 6.84. The second kappa shape index (κ2) is 2.57. The standard InChI is InChI=1S/C5H8IO2/c1-4-7-3-5(6-2)8-4/h5H,1,3H2,2H3/q-1. The van der Waals surface area contributed by atoms with Gasteiger partial charge in [0.25, 0.3) is 0 Å². The summed E-state index contributed by atoms with van der Waals surface area (Å²) in [6, 6.07) is 0. The average molecular weight is 227 g/mol. The Balaban J connectivity index is 2.32. The van der Waals surface area contributed by atoms with Crippen LogP contribution in [0.5, 0.6) is 0 Å². The Morgan fingerprint density at radius 1 is 1.88 bits per heavy atom. The molecule has 1 aliphatic rings. The number of ether oxygens (including phenoxy) is 2. The van der Waals surface area contributed by atoms with Crippen LogP contribution in [-0.2, 0) is 9.47 Å². The molecule has 0 aliphatic carbocycles. The van der Waals surface area contributed by atoms with Crippen molar-refractivity contribution in [2.75, 3.05) is 11.5 Å². The molecule has 0 aromatic rings. The summed E-state index contributed by atoms with van der Waals surface area (Å²) < 4.78 is 10.5. The zero-order chi connectivity index (χ0) is 5.98. The molecule has 0 amide bonds. The van der Waals surface area contributed by atoms with Crippen LogP contribution < -0.4 is 21.2 Å². The SMILES string of the molecule is C=C1OCC([I-]C)O1.